The van der Waals surface area contributed by atoms with Crippen LogP contribution in [0.15, 0.2) is 12.1 Å². The van der Waals surface area contributed by atoms with Crippen LogP contribution < -0.4 is 14.8 Å². The zero-order chi connectivity index (χ0) is 19.9. The standard InChI is InChI=1S/C21H29N3O4/c1-4-27-17-10-14-8-9-23(12-15(14)11-18(17)28-5-2)13-24-19(25)21(3,16-6-7-16)22-20(24)26/h10-11,16H,4-9,12-13H2,1-3H3,(H,22,26)/t21-/m0/s1. The van der Waals surface area contributed by atoms with E-state index in [0.29, 0.717) is 26.4 Å². The fraction of sp³-hybridized carbons (Fsp3) is 0.619. The molecule has 2 fully saturated rings. The average Bonchev–Trinajstić information content (AvgIpc) is 3.49. The number of benzene rings is 1. The Hall–Kier alpha value is -2.28. The van der Waals surface area contributed by atoms with Crippen molar-refractivity contribution in [2.75, 3.05) is 26.4 Å². The Morgan fingerprint density at radius 1 is 1.11 bits per heavy atom. The predicted molar refractivity (Wildman–Crippen MR) is 104 cm³/mol. The minimum absolute atomic E-state index is 0.0903. The fourth-order valence-corrected chi connectivity index (χ4v) is 4.26. The number of hydrogen-bond donors (Lipinski definition) is 1. The Morgan fingerprint density at radius 2 is 1.75 bits per heavy atom. The van der Waals surface area contributed by atoms with Gasteiger partial charge in [0.15, 0.2) is 11.5 Å². The highest BCUT2D eigenvalue weighted by molar-refractivity contribution is 6.07. The number of imide groups is 1. The zero-order valence-corrected chi connectivity index (χ0v) is 16.9. The molecule has 152 valence electrons. The summed E-state index contributed by atoms with van der Waals surface area (Å²) < 4.78 is 11.5. The first kappa shape index (κ1) is 19.1. The molecule has 28 heavy (non-hydrogen) atoms. The van der Waals surface area contributed by atoms with Crippen LogP contribution in [0.5, 0.6) is 11.5 Å². The largest absolute Gasteiger partial charge is 0.490 e. The maximum Gasteiger partial charge on any atom is 0.326 e. The lowest BCUT2D eigenvalue weighted by molar-refractivity contribution is -0.133. The lowest BCUT2D eigenvalue weighted by Gasteiger charge is -2.32. The molecular weight excluding hydrogens is 358 g/mol. The minimum atomic E-state index is -0.723. The summed E-state index contributed by atoms with van der Waals surface area (Å²) in [5.41, 5.74) is 1.68. The Morgan fingerprint density at radius 3 is 2.36 bits per heavy atom. The van der Waals surface area contributed by atoms with Crippen molar-refractivity contribution < 1.29 is 19.1 Å². The van der Waals surface area contributed by atoms with E-state index in [1.807, 2.05) is 26.8 Å². The number of urea groups is 1. The van der Waals surface area contributed by atoms with Crippen LogP contribution in [0.4, 0.5) is 4.79 Å². The van der Waals surface area contributed by atoms with Crippen LogP contribution in [0.1, 0.15) is 44.7 Å². The SMILES string of the molecule is CCOc1cc2c(cc1OCC)CN(CN1C(=O)N[C@@](C)(C3CC3)C1=O)CC2. The van der Waals surface area contributed by atoms with Gasteiger partial charge in [-0.3, -0.25) is 9.69 Å². The van der Waals surface area contributed by atoms with Gasteiger partial charge in [-0.1, -0.05) is 0 Å². The molecule has 2 aliphatic heterocycles. The molecule has 2 heterocycles. The van der Waals surface area contributed by atoms with Gasteiger partial charge in [-0.15, -0.1) is 0 Å². The molecule has 3 amide bonds. The lowest BCUT2D eigenvalue weighted by Crippen LogP contribution is -2.47. The molecule has 1 saturated heterocycles. The third-order valence-electron chi connectivity index (χ3n) is 5.99. The van der Waals surface area contributed by atoms with E-state index in [2.05, 4.69) is 16.3 Å². The zero-order valence-electron chi connectivity index (χ0n) is 16.9. The molecule has 1 saturated carbocycles. The Bertz CT molecular complexity index is 792. The number of fused-ring (bicyclic) bond motifs is 1. The predicted octanol–water partition coefficient (Wildman–Crippen LogP) is 2.52. The van der Waals surface area contributed by atoms with Crippen molar-refractivity contribution >= 4 is 11.9 Å². The molecule has 0 spiro atoms. The van der Waals surface area contributed by atoms with E-state index >= 15 is 0 Å². The molecule has 1 aromatic carbocycles. The van der Waals surface area contributed by atoms with Gasteiger partial charge in [-0.05, 0) is 69.2 Å². The van der Waals surface area contributed by atoms with E-state index in [-0.39, 0.29) is 17.9 Å². The molecule has 7 nitrogen and oxygen atoms in total. The number of ether oxygens (including phenoxy) is 2. The van der Waals surface area contributed by atoms with Crippen molar-refractivity contribution in [2.45, 2.75) is 52.1 Å². The molecule has 0 aromatic heterocycles. The number of hydrogen-bond acceptors (Lipinski definition) is 5. The Balaban J connectivity index is 1.49. The van der Waals surface area contributed by atoms with Crippen molar-refractivity contribution in [1.29, 1.82) is 0 Å². The van der Waals surface area contributed by atoms with Gasteiger partial charge >= 0.3 is 6.03 Å². The number of nitrogens with zero attached hydrogens (tertiary/aromatic N) is 2. The average molecular weight is 387 g/mol. The second-order valence-electron chi connectivity index (χ2n) is 8.02. The number of nitrogens with one attached hydrogen (secondary N) is 1. The fourth-order valence-electron chi connectivity index (χ4n) is 4.26. The summed E-state index contributed by atoms with van der Waals surface area (Å²) in [4.78, 5) is 28.8. The highest BCUT2D eigenvalue weighted by Crippen LogP contribution is 2.42. The van der Waals surface area contributed by atoms with E-state index in [4.69, 9.17) is 9.47 Å². The first-order valence-corrected chi connectivity index (χ1v) is 10.2. The van der Waals surface area contributed by atoms with Gasteiger partial charge < -0.3 is 14.8 Å². The van der Waals surface area contributed by atoms with Crippen molar-refractivity contribution in [1.82, 2.24) is 15.1 Å². The summed E-state index contributed by atoms with van der Waals surface area (Å²) >= 11 is 0. The van der Waals surface area contributed by atoms with Crippen molar-refractivity contribution in [3.05, 3.63) is 23.3 Å². The highest BCUT2D eigenvalue weighted by Gasteiger charge is 2.56. The number of carbonyl (C=O) groups is 2. The first-order chi connectivity index (χ1) is 13.5. The van der Waals surface area contributed by atoms with Crippen molar-refractivity contribution in [3.8, 4) is 11.5 Å². The van der Waals surface area contributed by atoms with E-state index < -0.39 is 5.54 Å². The van der Waals surface area contributed by atoms with E-state index in [9.17, 15) is 9.59 Å². The third-order valence-corrected chi connectivity index (χ3v) is 5.99. The first-order valence-electron chi connectivity index (χ1n) is 10.2. The van der Waals surface area contributed by atoms with Crippen molar-refractivity contribution in [2.24, 2.45) is 5.92 Å². The van der Waals surface area contributed by atoms with Crippen LogP contribution in [0.3, 0.4) is 0 Å². The summed E-state index contributed by atoms with van der Waals surface area (Å²) in [6.07, 6.45) is 2.87. The molecule has 1 atom stereocenters. The molecule has 4 rings (SSSR count). The molecular formula is C21H29N3O4. The van der Waals surface area contributed by atoms with Crippen LogP contribution in [-0.2, 0) is 17.8 Å². The molecule has 0 radical (unpaired) electrons. The van der Waals surface area contributed by atoms with Crippen LogP contribution >= 0.6 is 0 Å². The van der Waals surface area contributed by atoms with Gasteiger partial charge in [0.1, 0.15) is 5.54 Å². The highest BCUT2D eigenvalue weighted by atomic mass is 16.5. The van der Waals surface area contributed by atoms with Crippen LogP contribution in [0.2, 0.25) is 0 Å². The smallest absolute Gasteiger partial charge is 0.326 e. The number of carbonyl (C=O) groups excluding carboxylic acids is 2. The Labute approximate surface area is 166 Å². The van der Waals surface area contributed by atoms with Gasteiger partial charge in [0.25, 0.3) is 5.91 Å². The number of amides is 3. The normalized spacial score (nSPS) is 24.9. The van der Waals surface area contributed by atoms with Gasteiger partial charge in [-0.25, -0.2) is 9.69 Å². The van der Waals surface area contributed by atoms with E-state index in [0.717, 1.165) is 42.9 Å². The molecule has 1 aliphatic carbocycles. The molecule has 1 aromatic rings. The molecule has 0 bridgehead atoms. The minimum Gasteiger partial charge on any atom is -0.490 e. The van der Waals surface area contributed by atoms with E-state index in [1.165, 1.54) is 10.5 Å². The summed E-state index contributed by atoms with van der Waals surface area (Å²) in [7, 11) is 0. The maximum atomic E-state index is 12.9. The lowest BCUT2D eigenvalue weighted by atomic mass is 9.96. The van der Waals surface area contributed by atoms with E-state index in [1.54, 1.807) is 0 Å². The number of rotatable bonds is 7. The van der Waals surface area contributed by atoms with Gasteiger partial charge in [0, 0.05) is 13.1 Å². The molecule has 0 unspecified atom stereocenters. The van der Waals surface area contributed by atoms with Crippen LogP contribution in [0.25, 0.3) is 0 Å². The molecule has 7 heteroatoms. The molecule has 1 N–H and O–H groups in total. The quantitative estimate of drug-likeness (QED) is 0.728. The van der Waals surface area contributed by atoms with Gasteiger partial charge in [0.05, 0.1) is 19.9 Å². The second kappa shape index (κ2) is 7.28. The van der Waals surface area contributed by atoms with Crippen LogP contribution in [0, 0.1) is 5.92 Å². The van der Waals surface area contributed by atoms with Gasteiger partial charge in [0.2, 0.25) is 0 Å². The third kappa shape index (κ3) is 3.32. The Kier molecular flexibility index (Phi) is 4.95. The monoisotopic (exact) mass is 387 g/mol. The second-order valence-corrected chi connectivity index (χ2v) is 8.02. The van der Waals surface area contributed by atoms with Crippen LogP contribution in [-0.4, -0.2) is 53.7 Å². The summed E-state index contributed by atoms with van der Waals surface area (Å²) in [5, 5.41) is 2.92. The summed E-state index contributed by atoms with van der Waals surface area (Å²) in [5.74, 6) is 1.72. The molecule has 3 aliphatic rings. The summed E-state index contributed by atoms with van der Waals surface area (Å²) in [6.45, 7) is 8.74. The van der Waals surface area contributed by atoms with Crippen molar-refractivity contribution in [3.63, 3.8) is 0 Å². The maximum absolute atomic E-state index is 12.9. The summed E-state index contributed by atoms with van der Waals surface area (Å²) in [6, 6.07) is 3.83. The van der Waals surface area contributed by atoms with Gasteiger partial charge in [-0.2, -0.15) is 0 Å². The topological polar surface area (TPSA) is 71.1 Å².